The Morgan fingerprint density at radius 2 is 1.48 bits per heavy atom. The Morgan fingerprint density at radius 3 is 2.00 bits per heavy atom. The molecule has 33 heavy (non-hydrogen) atoms. The fourth-order valence-corrected chi connectivity index (χ4v) is 3.18. The molecular weight excluding hydrogens is 465 g/mol. The maximum absolute atomic E-state index is 13.8. The van der Waals surface area contributed by atoms with Gasteiger partial charge in [-0.15, -0.1) is 0 Å². The molecule has 1 aliphatic heterocycles. The Balaban J connectivity index is 1.84. The molecule has 0 spiro atoms. The third-order valence-electron chi connectivity index (χ3n) is 4.91. The van der Waals surface area contributed by atoms with Crippen LogP contribution in [0.4, 0.5) is 36.6 Å². The van der Waals surface area contributed by atoms with Crippen LogP contribution in [0.2, 0.25) is 0 Å². The third kappa shape index (κ3) is 4.37. The minimum absolute atomic E-state index is 0.00614. The molecule has 1 aromatic heterocycles. The normalized spacial score (nSPS) is 15.6. The summed E-state index contributed by atoms with van der Waals surface area (Å²) in [5, 5.41) is 0. The van der Waals surface area contributed by atoms with E-state index in [0.29, 0.717) is 11.0 Å². The number of nitrogens with zero attached hydrogens (tertiary/aromatic N) is 4. The number of halogens is 7. The number of anilines is 1. The lowest BCUT2D eigenvalue weighted by Gasteiger charge is -2.38. The predicted octanol–water partition coefficient (Wildman–Crippen LogP) is 3.29. The second-order valence-corrected chi connectivity index (χ2v) is 7.03. The molecule has 1 saturated heterocycles. The first-order chi connectivity index (χ1) is 15.3. The molecule has 0 radical (unpaired) electrons. The van der Waals surface area contributed by atoms with E-state index in [0.717, 1.165) is 0 Å². The Hall–Kier alpha value is -3.19. The molecule has 1 amide bonds. The molecule has 2 heterocycles. The van der Waals surface area contributed by atoms with Gasteiger partial charge in [-0.3, -0.25) is 4.79 Å². The molecule has 0 atom stereocenters. The van der Waals surface area contributed by atoms with Crippen molar-refractivity contribution in [2.45, 2.75) is 24.9 Å². The molecule has 2 aromatic rings. The van der Waals surface area contributed by atoms with Crippen molar-refractivity contribution in [3.05, 3.63) is 30.0 Å². The number of fused-ring (bicyclic) bond motifs is 1. The Morgan fingerprint density at radius 1 is 0.939 bits per heavy atom. The lowest BCUT2D eigenvalue weighted by Crippen LogP contribution is -2.62. The van der Waals surface area contributed by atoms with Crippen molar-refractivity contribution in [3.63, 3.8) is 0 Å². The van der Waals surface area contributed by atoms with Crippen LogP contribution in [0, 0.1) is 0 Å². The van der Waals surface area contributed by atoms with Crippen LogP contribution in [0.15, 0.2) is 24.3 Å². The number of esters is 1. The fraction of sp³-hybridized carbons (Fsp3) is 0.474. The number of ether oxygens (including phenoxy) is 1. The SMILES string of the molecule is CCOC(=O)c1nc2ccccc2nc1N1CCN(C(=O)C(F)(F)C(F)(F)C(F)(F)F)CC1. The van der Waals surface area contributed by atoms with Crippen molar-refractivity contribution in [2.75, 3.05) is 37.7 Å². The first-order valence-electron chi connectivity index (χ1n) is 9.61. The lowest BCUT2D eigenvalue weighted by molar-refractivity contribution is -0.346. The van der Waals surface area contributed by atoms with Crippen molar-refractivity contribution in [1.29, 1.82) is 0 Å². The van der Waals surface area contributed by atoms with Gasteiger partial charge in [0.05, 0.1) is 17.6 Å². The smallest absolute Gasteiger partial charge is 0.460 e. The van der Waals surface area contributed by atoms with Crippen molar-refractivity contribution < 1.29 is 45.1 Å². The summed E-state index contributed by atoms with van der Waals surface area (Å²) < 4.78 is 96.1. The molecule has 0 N–H and O–H groups in total. The van der Waals surface area contributed by atoms with Crippen LogP contribution in [-0.2, 0) is 9.53 Å². The van der Waals surface area contributed by atoms with Crippen LogP contribution >= 0.6 is 0 Å². The summed E-state index contributed by atoms with van der Waals surface area (Å²) in [5.74, 6) is -16.0. The van der Waals surface area contributed by atoms with Gasteiger partial charge >= 0.3 is 24.0 Å². The van der Waals surface area contributed by atoms with Gasteiger partial charge in [-0.1, -0.05) is 12.1 Å². The molecule has 1 aliphatic rings. The topological polar surface area (TPSA) is 75.6 Å². The summed E-state index contributed by atoms with van der Waals surface area (Å²) in [7, 11) is 0. The quantitative estimate of drug-likeness (QED) is 0.481. The highest BCUT2D eigenvalue weighted by molar-refractivity contribution is 5.95. The molecule has 14 heteroatoms. The van der Waals surface area contributed by atoms with Gasteiger partial charge in [-0.05, 0) is 19.1 Å². The fourth-order valence-electron chi connectivity index (χ4n) is 3.18. The second-order valence-electron chi connectivity index (χ2n) is 7.03. The number of rotatable bonds is 5. The van der Waals surface area contributed by atoms with Gasteiger partial charge in [0.2, 0.25) is 0 Å². The molecule has 0 bridgehead atoms. The zero-order chi connectivity index (χ0) is 24.6. The van der Waals surface area contributed by atoms with Crippen molar-refractivity contribution in [3.8, 4) is 0 Å². The number of amides is 1. The number of aromatic nitrogens is 2. The van der Waals surface area contributed by atoms with Crippen LogP contribution in [-0.4, -0.2) is 77.6 Å². The van der Waals surface area contributed by atoms with Crippen LogP contribution < -0.4 is 4.90 Å². The molecule has 0 unspecified atom stereocenters. The van der Waals surface area contributed by atoms with E-state index in [-0.39, 0.29) is 36.1 Å². The van der Waals surface area contributed by atoms with E-state index in [4.69, 9.17) is 4.74 Å². The summed E-state index contributed by atoms with van der Waals surface area (Å²) >= 11 is 0. The Kier molecular flexibility index (Phi) is 6.40. The molecular formula is C19H17F7N4O3. The summed E-state index contributed by atoms with van der Waals surface area (Å²) in [5.41, 5.74) is 0.562. The maximum atomic E-state index is 13.8. The van der Waals surface area contributed by atoms with Gasteiger partial charge < -0.3 is 14.5 Å². The molecule has 1 fully saturated rings. The number of hydrogen-bond acceptors (Lipinski definition) is 6. The van der Waals surface area contributed by atoms with Gasteiger partial charge in [0, 0.05) is 26.2 Å². The van der Waals surface area contributed by atoms with E-state index in [1.807, 2.05) is 0 Å². The third-order valence-corrected chi connectivity index (χ3v) is 4.91. The Bertz CT molecular complexity index is 1050. The van der Waals surface area contributed by atoms with Gasteiger partial charge in [-0.25, -0.2) is 14.8 Å². The minimum Gasteiger partial charge on any atom is -0.461 e. The summed E-state index contributed by atoms with van der Waals surface area (Å²) in [6.45, 7) is -0.194. The number of alkyl halides is 7. The zero-order valence-electron chi connectivity index (χ0n) is 17.0. The van der Waals surface area contributed by atoms with Gasteiger partial charge in [0.1, 0.15) is 0 Å². The standard InChI is InChI=1S/C19H17F7N4O3/c1-2-33-15(31)13-14(28-12-6-4-3-5-11(12)27-13)29-7-9-30(10-8-29)16(32)17(20,21)18(22,23)19(24,25)26/h3-6H,2,7-10H2,1H3. The molecule has 7 nitrogen and oxygen atoms in total. The van der Waals surface area contributed by atoms with Crippen LogP contribution in [0.3, 0.4) is 0 Å². The van der Waals surface area contributed by atoms with Crippen molar-refractivity contribution >= 4 is 28.7 Å². The van der Waals surface area contributed by atoms with E-state index >= 15 is 0 Å². The molecule has 0 saturated carbocycles. The average molecular weight is 482 g/mol. The van der Waals surface area contributed by atoms with Crippen molar-refractivity contribution in [1.82, 2.24) is 14.9 Å². The van der Waals surface area contributed by atoms with E-state index < -0.39 is 43.0 Å². The molecule has 180 valence electrons. The summed E-state index contributed by atoms with van der Waals surface area (Å²) in [6, 6.07) is 6.51. The minimum atomic E-state index is -6.61. The molecule has 0 aliphatic carbocycles. The number of benzene rings is 1. The van der Waals surface area contributed by atoms with Crippen LogP contribution in [0.5, 0.6) is 0 Å². The summed E-state index contributed by atoms with van der Waals surface area (Å²) in [6.07, 6.45) is -6.61. The predicted molar refractivity (Wildman–Crippen MR) is 100 cm³/mol. The number of para-hydroxylation sites is 2. The monoisotopic (exact) mass is 482 g/mol. The highest BCUT2D eigenvalue weighted by Crippen LogP contribution is 2.47. The second kappa shape index (κ2) is 8.63. The largest absolute Gasteiger partial charge is 0.461 e. The number of hydrogen-bond donors (Lipinski definition) is 0. The first kappa shape index (κ1) is 24.5. The van der Waals surface area contributed by atoms with Crippen molar-refractivity contribution in [2.24, 2.45) is 0 Å². The Labute approximate surface area is 182 Å². The highest BCUT2D eigenvalue weighted by atomic mass is 19.4. The maximum Gasteiger partial charge on any atom is 0.460 e. The number of carbonyl (C=O) groups excluding carboxylic acids is 2. The number of piperazine rings is 1. The van der Waals surface area contributed by atoms with E-state index in [2.05, 4.69) is 9.97 Å². The number of carbonyl (C=O) groups is 2. The van der Waals surface area contributed by atoms with E-state index in [9.17, 15) is 40.3 Å². The van der Waals surface area contributed by atoms with Crippen LogP contribution in [0.25, 0.3) is 11.0 Å². The molecule has 1 aromatic carbocycles. The first-order valence-corrected chi connectivity index (χ1v) is 9.61. The van der Waals surface area contributed by atoms with Crippen LogP contribution in [0.1, 0.15) is 17.4 Å². The van der Waals surface area contributed by atoms with Gasteiger partial charge in [0.25, 0.3) is 5.91 Å². The van der Waals surface area contributed by atoms with E-state index in [1.54, 1.807) is 31.2 Å². The highest BCUT2D eigenvalue weighted by Gasteiger charge is 2.76. The van der Waals surface area contributed by atoms with E-state index in [1.165, 1.54) is 4.90 Å². The zero-order valence-corrected chi connectivity index (χ0v) is 17.0. The molecule has 3 rings (SSSR count). The summed E-state index contributed by atoms with van der Waals surface area (Å²) in [4.78, 5) is 34.4. The van der Waals surface area contributed by atoms with Gasteiger partial charge in [-0.2, -0.15) is 30.7 Å². The van der Waals surface area contributed by atoms with Gasteiger partial charge in [0.15, 0.2) is 11.5 Å². The average Bonchev–Trinajstić information content (AvgIpc) is 2.77. The lowest BCUT2D eigenvalue weighted by atomic mass is 10.1.